The molecule has 0 saturated heterocycles. The van der Waals surface area contributed by atoms with Crippen molar-refractivity contribution >= 4 is 11.3 Å². The predicted octanol–water partition coefficient (Wildman–Crippen LogP) is 2.28. The molecule has 78 valence electrons. The Morgan fingerprint density at radius 2 is 2.07 bits per heavy atom. The van der Waals surface area contributed by atoms with Crippen molar-refractivity contribution in [3.8, 4) is 17.0 Å². The Morgan fingerprint density at radius 3 is 2.67 bits per heavy atom. The molecule has 0 amide bonds. The summed E-state index contributed by atoms with van der Waals surface area (Å²) >= 11 is 1.59. The molecule has 2 rings (SSSR count). The number of rotatable bonds is 3. The summed E-state index contributed by atoms with van der Waals surface area (Å²) in [6.45, 7) is 0.534. The number of nitrogens with two attached hydrogens (primary N) is 1. The lowest BCUT2D eigenvalue weighted by Gasteiger charge is -2.02. The molecule has 0 aliphatic carbocycles. The first-order valence-corrected chi connectivity index (χ1v) is 5.50. The van der Waals surface area contributed by atoms with Crippen molar-refractivity contribution in [2.75, 3.05) is 7.11 Å². The quantitative estimate of drug-likeness (QED) is 0.863. The predicted molar refractivity (Wildman–Crippen MR) is 62.0 cm³/mol. The van der Waals surface area contributed by atoms with Crippen molar-refractivity contribution in [2.24, 2.45) is 5.73 Å². The molecular formula is C11H12N2OS. The Morgan fingerprint density at radius 1 is 1.33 bits per heavy atom. The molecule has 0 unspecified atom stereocenters. The molecule has 0 aliphatic heterocycles. The average molecular weight is 220 g/mol. The Balaban J connectivity index is 2.37. The Hall–Kier alpha value is -1.39. The first-order chi connectivity index (χ1) is 7.35. The van der Waals surface area contributed by atoms with Crippen LogP contribution in [0.15, 0.2) is 29.8 Å². The molecule has 0 bridgehead atoms. The van der Waals surface area contributed by atoms with Crippen LogP contribution in [-0.4, -0.2) is 12.1 Å². The van der Waals surface area contributed by atoms with Crippen LogP contribution in [0.3, 0.4) is 0 Å². The molecule has 0 aliphatic rings. The van der Waals surface area contributed by atoms with Gasteiger partial charge in [-0.3, -0.25) is 0 Å². The van der Waals surface area contributed by atoms with Crippen molar-refractivity contribution in [3.05, 3.63) is 34.7 Å². The van der Waals surface area contributed by atoms with E-state index in [0.29, 0.717) is 6.54 Å². The molecule has 0 atom stereocenters. The third kappa shape index (κ3) is 2.00. The molecule has 2 N–H and O–H groups in total. The highest BCUT2D eigenvalue weighted by Gasteiger charge is 2.06. The zero-order chi connectivity index (χ0) is 10.7. The number of benzene rings is 1. The van der Waals surface area contributed by atoms with Gasteiger partial charge in [-0.1, -0.05) is 0 Å². The third-order valence-corrected chi connectivity index (χ3v) is 3.05. The van der Waals surface area contributed by atoms with Gasteiger partial charge in [0.15, 0.2) is 0 Å². The van der Waals surface area contributed by atoms with Gasteiger partial charge in [0.2, 0.25) is 0 Å². The Labute approximate surface area is 92.5 Å². The fraction of sp³-hybridized carbons (Fsp3) is 0.182. The minimum absolute atomic E-state index is 0.534. The second-order valence-electron chi connectivity index (χ2n) is 3.06. The standard InChI is InChI=1S/C11H12N2OS/c1-14-9-4-2-8(3-5-9)11-10(6-12)15-7-13-11/h2-5,7H,6,12H2,1H3. The van der Waals surface area contributed by atoms with Crippen molar-refractivity contribution in [1.82, 2.24) is 4.98 Å². The van der Waals surface area contributed by atoms with Gasteiger partial charge in [-0.2, -0.15) is 0 Å². The summed E-state index contributed by atoms with van der Waals surface area (Å²) in [6, 6.07) is 7.84. The third-order valence-electron chi connectivity index (χ3n) is 2.19. The molecule has 1 aromatic carbocycles. The minimum Gasteiger partial charge on any atom is -0.497 e. The first kappa shape index (κ1) is 10.1. The van der Waals surface area contributed by atoms with Crippen molar-refractivity contribution in [2.45, 2.75) is 6.54 Å². The monoisotopic (exact) mass is 220 g/mol. The minimum atomic E-state index is 0.534. The molecule has 1 aromatic heterocycles. The van der Waals surface area contributed by atoms with Gasteiger partial charge in [-0.25, -0.2) is 4.98 Å². The maximum Gasteiger partial charge on any atom is 0.118 e. The summed E-state index contributed by atoms with van der Waals surface area (Å²) in [5.41, 5.74) is 9.51. The van der Waals surface area contributed by atoms with Gasteiger partial charge >= 0.3 is 0 Å². The molecule has 2 aromatic rings. The van der Waals surface area contributed by atoms with E-state index in [-0.39, 0.29) is 0 Å². The lowest BCUT2D eigenvalue weighted by atomic mass is 10.1. The molecule has 0 saturated carbocycles. The topological polar surface area (TPSA) is 48.1 Å². The lowest BCUT2D eigenvalue weighted by Crippen LogP contribution is -1.95. The van der Waals surface area contributed by atoms with Crippen LogP contribution in [0, 0.1) is 0 Å². The second-order valence-corrected chi connectivity index (χ2v) is 4.00. The Kier molecular flexibility index (Phi) is 2.99. The van der Waals surface area contributed by atoms with E-state index in [1.54, 1.807) is 18.4 Å². The maximum absolute atomic E-state index is 5.63. The molecular weight excluding hydrogens is 208 g/mol. The van der Waals surface area contributed by atoms with Gasteiger partial charge < -0.3 is 10.5 Å². The van der Waals surface area contributed by atoms with Gasteiger partial charge in [0, 0.05) is 17.0 Å². The van der Waals surface area contributed by atoms with E-state index in [1.807, 2.05) is 29.8 Å². The number of nitrogens with zero attached hydrogens (tertiary/aromatic N) is 1. The molecule has 4 heteroatoms. The number of thiazole rings is 1. The molecule has 15 heavy (non-hydrogen) atoms. The number of ether oxygens (including phenoxy) is 1. The van der Waals surface area contributed by atoms with Crippen LogP contribution in [0.1, 0.15) is 4.88 Å². The van der Waals surface area contributed by atoms with Crippen molar-refractivity contribution < 1.29 is 4.74 Å². The van der Waals surface area contributed by atoms with Gasteiger partial charge in [0.25, 0.3) is 0 Å². The van der Waals surface area contributed by atoms with Crippen LogP contribution in [0.2, 0.25) is 0 Å². The van der Waals surface area contributed by atoms with Crippen LogP contribution in [0.5, 0.6) is 5.75 Å². The largest absolute Gasteiger partial charge is 0.497 e. The second kappa shape index (κ2) is 4.42. The lowest BCUT2D eigenvalue weighted by molar-refractivity contribution is 0.415. The van der Waals surface area contributed by atoms with Gasteiger partial charge in [-0.05, 0) is 24.3 Å². The van der Waals surface area contributed by atoms with Gasteiger partial charge in [-0.15, -0.1) is 11.3 Å². The normalized spacial score (nSPS) is 10.3. The number of hydrogen-bond acceptors (Lipinski definition) is 4. The van der Waals surface area contributed by atoms with E-state index in [1.165, 1.54) is 0 Å². The molecule has 0 radical (unpaired) electrons. The van der Waals surface area contributed by atoms with E-state index in [4.69, 9.17) is 10.5 Å². The number of hydrogen-bond donors (Lipinski definition) is 1. The van der Waals surface area contributed by atoms with E-state index in [2.05, 4.69) is 4.98 Å². The van der Waals surface area contributed by atoms with E-state index < -0.39 is 0 Å². The molecule has 0 spiro atoms. The van der Waals surface area contributed by atoms with E-state index >= 15 is 0 Å². The zero-order valence-electron chi connectivity index (χ0n) is 8.43. The zero-order valence-corrected chi connectivity index (χ0v) is 9.25. The molecule has 3 nitrogen and oxygen atoms in total. The fourth-order valence-corrected chi connectivity index (χ4v) is 2.06. The summed E-state index contributed by atoms with van der Waals surface area (Å²) in [5, 5.41) is 0. The van der Waals surface area contributed by atoms with Crippen molar-refractivity contribution in [3.63, 3.8) is 0 Å². The van der Waals surface area contributed by atoms with Crippen LogP contribution >= 0.6 is 11.3 Å². The summed E-state index contributed by atoms with van der Waals surface area (Å²) in [5.74, 6) is 0.850. The summed E-state index contributed by atoms with van der Waals surface area (Å²) in [4.78, 5) is 5.42. The van der Waals surface area contributed by atoms with Gasteiger partial charge in [0.05, 0.1) is 18.3 Å². The maximum atomic E-state index is 5.63. The van der Waals surface area contributed by atoms with E-state index in [9.17, 15) is 0 Å². The number of methoxy groups -OCH3 is 1. The summed E-state index contributed by atoms with van der Waals surface area (Å²) < 4.78 is 5.10. The van der Waals surface area contributed by atoms with Crippen LogP contribution < -0.4 is 10.5 Å². The summed E-state index contributed by atoms with van der Waals surface area (Å²) in [6.07, 6.45) is 0. The van der Waals surface area contributed by atoms with Crippen LogP contribution in [-0.2, 0) is 6.54 Å². The van der Waals surface area contributed by atoms with Crippen molar-refractivity contribution in [1.29, 1.82) is 0 Å². The highest BCUT2D eigenvalue weighted by molar-refractivity contribution is 7.10. The van der Waals surface area contributed by atoms with Gasteiger partial charge in [0.1, 0.15) is 5.75 Å². The average Bonchev–Trinajstić information content (AvgIpc) is 2.77. The van der Waals surface area contributed by atoms with Crippen LogP contribution in [0.4, 0.5) is 0 Å². The molecule has 0 fully saturated rings. The highest BCUT2D eigenvalue weighted by atomic mass is 32.1. The number of aromatic nitrogens is 1. The smallest absolute Gasteiger partial charge is 0.118 e. The molecule has 1 heterocycles. The van der Waals surface area contributed by atoms with Crippen LogP contribution in [0.25, 0.3) is 11.3 Å². The van der Waals surface area contributed by atoms with E-state index in [0.717, 1.165) is 21.9 Å². The SMILES string of the molecule is COc1ccc(-c2ncsc2CN)cc1. The summed E-state index contributed by atoms with van der Waals surface area (Å²) in [7, 11) is 1.66. The first-order valence-electron chi connectivity index (χ1n) is 4.62. The Bertz CT molecular complexity index is 436. The highest BCUT2D eigenvalue weighted by Crippen LogP contribution is 2.26. The fourth-order valence-electron chi connectivity index (χ4n) is 1.40.